The van der Waals surface area contributed by atoms with Crippen LogP contribution >= 0.6 is 0 Å². The predicted octanol–water partition coefficient (Wildman–Crippen LogP) is 4.01. The molecule has 0 heterocycles. The first-order valence-corrected chi connectivity index (χ1v) is 7.43. The number of hydrogen-bond acceptors (Lipinski definition) is 4. The smallest absolute Gasteiger partial charge is 0.235 e. The Morgan fingerprint density at radius 1 is 1.23 bits per heavy atom. The minimum Gasteiger partial charge on any atom is -0.493 e. The number of alkyl halides is 1. The van der Waals surface area contributed by atoms with E-state index in [-0.39, 0.29) is 0 Å². The molecule has 0 N–H and O–H groups in total. The van der Waals surface area contributed by atoms with Crippen LogP contribution in [0, 0.1) is 0 Å². The Morgan fingerprint density at radius 3 is 2.32 bits per heavy atom. The van der Waals surface area contributed by atoms with Crippen molar-refractivity contribution in [3.05, 3.63) is 23.3 Å². The molecule has 1 aliphatic carbocycles. The molecule has 0 aromatic heterocycles. The number of rotatable bonds is 5. The van der Waals surface area contributed by atoms with Gasteiger partial charge in [-0.1, -0.05) is 12.8 Å². The number of aliphatic imine (C=N–C) groups is 1. The topological polar surface area (TPSA) is 47.9 Å². The molecule has 1 aliphatic rings. The van der Waals surface area contributed by atoms with Crippen LogP contribution in [0.25, 0.3) is 0 Å². The molecule has 1 saturated carbocycles. The minimum atomic E-state index is -1.53. The number of nitrogens with zero attached hydrogens (tertiary/aromatic N) is 1. The quantitative estimate of drug-likeness (QED) is 0.610. The Morgan fingerprint density at radius 2 is 1.86 bits per heavy atom. The van der Waals surface area contributed by atoms with Crippen molar-refractivity contribution in [1.82, 2.24) is 0 Å². The van der Waals surface area contributed by atoms with E-state index in [0.29, 0.717) is 22.6 Å². The van der Waals surface area contributed by atoms with Crippen LogP contribution in [-0.2, 0) is 16.0 Å². The van der Waals surface area contributed by atoms with E-state index in [4.69, 9.17) is 9.47 Å². The van der Waals surface area contributed by atoms with Gasteiger partial charge in [0.1, 0.15) is 11.2 Å². The molecule has 0 atom stereocenters. The van der Waals surface area contributed by atoms with Crippen LogP contribution in [0.2, 0.25) is 0 Å². The molecule has 0 bridgehead atoms. The van der Waals surface area contributed by atoms with Crippen LogP contribution in [0.5, 0.6) is 11.5 Å². The average molecular weight is 307 g/mol. The highest BCUT2D eigenvalue weighted by atomic mass is 19.1. The standard InChI is InChI=1S/C17H22FNO3/c1-16(2,18)12-9-13(15(22-4)14(10-12)21-3)17(19-11-20)7-5-6-8-17/h9-10H,5-8H2,1-4H3. The third-order valence-electron chi connectivity index (χ3n) is 4.36. The SMILES string of the molecule is COc1cc(C(C)(C)F)cc(C2(N=C=O)CCCC2)c1OC. The number of isocyanates is 1. The van der Waals surface area contributed by atoms with Gasteiger partial charge in [-0.25, -0.2) is 9.18 Å². The van der Waals surface area contributed by atoms with Crippen molar-refractivity contribution in [2.75, 3.05) is 14.2 Å². The van der Waals surface area contributed by atoms with E-state index in [1.807, 2.05) is 0 Å². The summed E-state index contributed by atoms with van der Waals surface area (Å²) in [6.45, 7) is 2.98. The largest absolute Gasteiger partial charge is 0.493 e. The first-order valence-electron chi connectivity index (χ1n) is 7.43. The summed E-state index contributed by atoms with van der Waals surface area (Å²) in [5, 5.41) is 0. The van der Waals surface area contributed by atoms with Gasteiger partial charge >= 0.3 is 0 Å². The van der Waals surface area contributed by atoms with Crippen LogP contribution in [-0.4, -0.2) is 20.3 Å². The molecule has 0 spiro atoms. The summed E-state index contributed by atoms with van der Waals surface area (Å²) < 4.78 is 25.3. The number of benzene rings is 1. The lowest BCUT2D eigenvalue weighted by molar-refractivity contribution is 0.219. The Balaban J connectivity index is 2.74. The van der Waals surface area contributed by atoms with Gasteiger partial charge in [0.2, 0.25) is 6.08 Å². The Hall–Kier alpha value is -1.87. The van der Waals surface area contributed by atoms with Gasteiger partial charge in [-0.05, 0) is 44.4 Å². The number of halogens is 1. The Kier molecular flexibility index (Phi) is 4.57. The summed E-state index contributed by atoms with van der Waals surface area (Å²) in [6.07, 6.45) is 5.04. The van der Waals surface area contributed by atoms with Crippen LogP contribution in [0.3, 0.4) is 0 Å². The van der Waals surface area contributed by atoms with Gasteiger partial charge in [-0.15, -0.1) is 0 Å². The molecule has 4 nitrogen and oxygen atoms in total. The van der Waals surface area contributed by atoms with Gasteiger partial charge < -0.3 is 9.47 Å². The summed E-state index contributed by atoms with van der Waals surface area (Å²) in [6, 6.07) is 3.38. The third-order valence-corrected chi connectivity index (χ3v) is 4.36. The van der Waals surface area contributed by atoms with Gasteiger partial charge in [0.05, 0.1) is 14.2 Å². The first-order chi connectivity index (χ1) is 10.4. The zero-order chi connectivity index (χ0) is 16.4. The molecule has 5 heteroatoms. The summed E-state index contributed by atoms with van der Waals surface area (Å²) in [4.78, 5) is 15.0. The Labute approximate surface area is 130 Å². The minimum absolute atomic E-state index is 0.452. The molecular weight excluding hydrogens is 285 g/mol. The lowest BCUT2D eigenvalue weighted by Crippen LogP contribution is -2.22. The highest BCUT2D eigenvalue weighted by Crippen LogP contribution is 2.49. The summed E-state index contributed by atoms with van der Waals surface area (Å²) >= 11 is 0. The van der Waals surface area contributed by atoms with E-state index < -0.39 is 11.2 Å². The fourth-order valence-electron chi connectivity index (χ4n) is 3.14. The summed E-state index contributed by atoms with van der Waals surface area (Å²) in [7, 11) is 3.05. The van der Waals surface area contributed by atoms with E-state index in [0.717, 1.165) is 25.7 Å². The number of carbonyl (C=O) groups excluding carboxylic acids is 1. The van der Waals surface area contributed by atoms with Crippen molar-refractivity contribution in [3.63, 3.8) is 0 Å². The number of hydrogen-bond donors (Lipinski definition) is 0. The van der Waals surface area contributed by atoms with E-state index in [2.05, 4.69) is 4.99 Å². The molecule has 2 rings (SSSR count). The van der Waals surface area contributed by atoms with Crippen LogP contribution in [0.1, 0.15) is 50.7 Å². The van der Waals surface area contributed by atoms with E-state index in [1.54, 1.807) is 18.2 Å². The molecule has 1 fully saturated rings. The zero-order valence-corrected chi connectivity index (χ0v) is 13.5. The van der Waals surface area contributed by atoms with Crippen molar-refractivity contribution in [1.29, 1.82) is 0 Å². The van der Waals surface area contributed by atoms with E-state index >= 15 is 0 Å². The van der Waals surface area contributed by atoms with E-state index in [9.17, 15) is 9.18 Å². The fourth-order valence-corrected chi connectivity index (χ4v) is 3.14. The predicted molar refractivity (Wildman–Crippen MR) is 81.9 cm³/mol. The van der Waals surface area contributed by atoms with Crippen molar-refractivity contribution in [3.8, 4) is 11.5 Å². The number of ether oxygens (including phenoxy) is 2. The molecule has 22 heavy (non-hydrogen) atoms. The van der Waals surface area contributed by atoms with Crippen LogP contribution in [0.15, 0.2) is 17.1 Å². The lowest BCUT2D eigenvalue weighted by Gasteiger charge is -2.28. The molecule has 1 aromatic carbocycles. The molecule has 0 saturated heterocycles. The van der Waals surface area contributed by atoms with Crippen molar-refractivity contribution in [2.45, 2.75) is 50.7 Å². The molecule has 0 radical (unpaired) electrons. The molecule has 0 amide bonds. The van der Waals surface area contributed by atoms with Crippen LogP contribution in [0.4, 0.5) is 4.39 Å². The maximum Gasteiger partial charge on any atom is 0.235 e. The van der Waals surface area contributed by atoms with Crippen molar-refractivity contribution >= 4 is 6.08 Å². The highest BCUT2D eigenvalue weighted by Gasteiger charge is 2.40. The molecule has 0 aliphatic heterocycles. The summed E-state index contributed by atoms with van der Waals surface area (Å²) in [5.41, 5.74) is -1.04. The van der Waals surface area contributed by atoms with Crippen molar-refractivity contribution in [2.24, 2.45) is 4.99 Å². The van der Waals surface area contributed by atoms with Gasteiger partial charge in [0.15, 0.2) is 11.5 Å². The van der Waals surface area contributed by atoms with Gasteiger partial charge in [0, 0.05) is 5.56 Å². The normalized spacial score (nSPS) is 17.0. The van der Waals surface area contributed by atoms with E-state index in [1.165, 1.54) is 28.1 Å². The maximum atomic E-state index is 14.4. The zero-order valence-electron chi connectivity index (χ0n) is 13.5. The molecule has 0 unspecified atom stereocenters. The highest BCUT2D eigenvalue weighted by molar-refractivity contribution is 5.55. The van der Waals surface area contributed by atoms with Gasteiger partial charge in [-0.2, -0.15) is 4.99 Å². The average Bonchev–Trinajstić information content (AvgIpc) is 2.94. The molecule has 120 valence electrons. The van der Waals surface area contributed by atoms with Gasteiger partial charge in [0.25, 0.3) is 0 Å². The van der Waals surface area contributed by atoms with Crippen molar-refractivity contribution < 1.29 is 18.7 Å². The third kappa shape index (κ3) is 2.86. The first kappa shape index (κ1) is 16.5. The van der Waals surface area contributed by atoms with Gasteiger partial charge in [-0.3, -0.25) is 0 Å². The lowest BCUT2D eigenvalue weighted by atomic mass is 9.84. The second kappa shape index (κ2) is 6.09. The molecular formula is C17H22FNO3. The second-order valence-electron chi connectivity index (χ2n) is 6.17. The second-order valence-corrected chi connectivity index (χ2v) is 6.17. The fraction of sp³-hybridized carbons (Fsp3) is 0.588. The van der Waals surface area contributed by atoms with Crippen LogP contribution < -0.4 is 9.47 Å². The summed E-state index contributed by atoms with van der Waals surface area (Å²) in [5.74, 6) is 0.962. The Bertz CT molecular complexity index is 595. The molecule has 1 aromatic rings. The maximum absolute atomic E-state index is 14.4. The monoisotopic (exact) mass is 307 g/mol. The number of methoxy groups -OCH3 is 2.